The molecule has 0 atom stereocenters. The number of nitrogens with zero attached hydrogens (tertiary/aromatic N) is 3. The second kappa shape index (κ2) is 10.9. The molecular weight excluding hydrogens is 506 g/mol. The van der Waals surface area contributed by atoms with E-state index in [9.17, 15) is 19.2 Å². The summed E-state index contributed by atoms with van der Waals surface area (Å²) >= 11 is 3.05. The molecule has 0 unspecified atom stereocenters. The lowest BCUT2D eigenvalue weighted by atomic mass is 10.3. The summed E-state index contributed by atoms with van der Waals surface area (Å²) < 4.78 is 4.90. The minimum absolute atomic E-state index is 0.165. The van der Waals surface area contributed by atoms with Crippen LogP contribution in [0.1, 0.15) is 31.5 Å². The van der Waals surface area contributed by atoms with Gasteiger partial charge in [-0.3, -0.25) is 19.2 Å². The third-order valence-corrected chi connectivity index (χ3v) is 5.53. The van der Waals surface area contributed by atoms with Gasteiger partial charge in [-0.1, -0.05) is 15.9 Å². The van der Waals surface area contributed by atoms with Crippen LogP contribution in [0, 0.1) is 0 Å². The molecule has 0 fully saturated rings. The van der Waals surface area contributed by atoms with Gasteiger partial charge >= 0.3 is 0 Å². The Morgan fingerprint density at radius 2 is 1.29 bits per heavy atom. The molecule has 0 saturated heterocycles. The molecule has 0 saturated carbocycles. The molecule has 3 aromatic heterocycles. The molecule has 3 aromatic rings. The van der Waals surface area contributed by atoms with E-state index in [-0.39, 0.29) is 29.6 Å². The smallest absolute Gasteiger partial charge is 0.272 e. The highest BCUT2D eigenvalue weighted by molar-refractivity contribution is 9.09. The molecule has 3 rings (SSSR count). The minimum Gasteiger partial charge on any atom is -0.354 e. The summed E-state index contributed by atoms with van der Waals surface area (Å²) in [5.74, 6) is -1.17. The van der Waals surface area contributed by atoms with Crippen LogP contribution in [0.3, 0.4) is 0 Å². The van der Waals surface area contributed by atoms with Crippen LogP contribution in [-0.4, -0.2) is 55.7 Å². The van der Waals surface area contributed by atoms with Crippen molar-refractivity contribution in [2.75, 3.05) is 29.1 Å². The Morgan fingerprint density at radius 3 is 1.82 bits per heavy atom. The van der Waals surface area contributed by atoms with Gasteiger partial charge in [0, 0.05) is 52.8 Å². The lowest BCUT2D eigenvalue weighted by Crippen LogP contribution is -2.35. The van der Waals surface area contributed by atoms with E-state index in [2.05, 4.69) is 37.2 Å². The van der Waals surface area contributed by atoms with E-state index < -0.39 is 5.91 Å². The van der Waals surface area contributed by atoms with Crippen molar-refractivity contribution >= 4 is 50.9 Å². The number of rotatable bonds is 9. The number of halogens is 1. The molecule has 0 aliphatic heterocycles. The molecule has 0 aliphatic rings. The summed E-state index contributed by atoms with van der Waals surface area (Å²) in [5.41, 5.74) is 2.11. The summed E-state index contributed by atoms with van der Waals surface area (Å²) in [7, 11) is 5.16. The maximum atomic E-state index is 12.8. The van der Waals surface area contributed by atoms with Gasteiger partial charge in [0.25, 0.3) is 17.7 Å². The van der Waals surface area contributed by atoms with Gasteiger partial charge < -0.3 is 35.0 Å². The van der Waals surface area contributed by atoms with Gasteiger partial charge in [-0.25, -0.2) is 0 Å². The Balaban J connectivity index is 1.60. The number of anilines is 2. The van der Waals surface area contributed by atoms with Crippen LogP contribution >= 0.6 is 15.9 Å². The van der Waals surface area contributed by atoms with Crippen LogP contribution in [-0.2, 0) is 25.9 Å². The number of hydrogen-bond acceptors (Lipinski definition) is 4. The molecule has 3 heterocycles. The largest absolute Gasteiger partial charge is 0.354 e. The van der Waals surface area contributed by atoms with Crippen molar-refractivity contribution in [3.8, 4) is 0 Å². The predicted molar refractivity (Wildman–Crippen MR) is 131 cm³/mol. The molecule has 0 aliphatic carbocycles. The number of aryl methyl sites for hydroxylation is 3. The van der Waals surface area contributed by atoms with Crippen molar-refractivity contribution in [1.29, 1.82) is 0 Å². The van der Waals surface area contributed by atoms with Gasteiger partial charge in [-0.15, -0.1) is 0 Å². The maximum Gasteiger partial charge on any atom is 0.272 e. The van der Waals surface area contributed by atoms with Gasteiger partial charge in [-0.2, -0.15) is 0 Å². The summed E-state index contributed by atoms with van der Waals surface area (Å²) in [6, 6.07) is 6.61. The minimum atomic E-state index is -0.392. The highest BCUT2D eigenvalue weighted by Crippen LogP contribution is 2.18. The standard InChI is InChI=1S/C22H26BrN7O4/c1-28-8-4-5-16(28)21(33)26-15-10-18(30(3)13-15)22(34)27-14-9-17(29(2)12-14)20(32)25-7-6-24-19(31)11-23/h4-5,8-10,12-13H,6-7,11H2,1-3H3,(H,24,31)(H,25,32)(H,26,33)(H,27,34). The van der Waals surface area contributed by atoms with E-state index in [1.165, 1.54) is 0 Å². The summed E-state index contributed by atoms with van der Waals surface area (Å²) in [6.45, 7) is 0.575. The first-order valence-electron chi connectivity index (χ1n) is 10.4. The number of amides is 4. The molecule has 34 heavy (non-hydrogen) atoms. The molecule has 0 radical (unpaired) electrons. The van der Waals surface area contributed by atoms with Crippen LogP contribution in [0.25, 0.3) is 0 Å². The van der Waals surface area contributed by atoms with Gasteiger partial charge in [-0.05, 0) is 24.3 Å². The zero-order valence-corrected chi connectivity index (χ0v) is 20.6. The van der Waals surface area contributed by atoms with Crippen molar-refractivity contribution in [2.45, 2.75) is 0 Å². The maximum absolute atomic E-state index is 12.8. The van der Waals surface area contributed by atoms with Gasteiger partial charge in [0.05, 0.1) is 16.7 Å². The van der Waals surface area contributed by atoms with E-state index in [0.717, 1.165) is 0 Å². The normalized spacial score (nSPS) is 10.6. The molecule has 0 aromatic carbocycles. The Bertz CT molecular complexity index is 1220. The summed E-state index contributed by atoms with van der Waals surface area (Å²) in [4.78, 5) is 48.9. The van der Waals surface area contributed by atoms with Crippen LogP contribution in [0.5, 0.6) is 0 Å². The second-order valence-corrected chi connectivity index (χ2v) is 8.16. The molecule has 180 valence electrons. The predicted octanol–water partition coefficient (Wildman–Crippen LogP) is 1.45. The van der Waals surface area contributed by atoms with Gasteiger partial charge in [0.1, 0.15) is 17.1 Å². The number of hydrogen-bond donors (Lipinski definition) is 4. The van der Waals surface area contributed by atoms with Crippen LogP contribution in [0.2, 0.25) is 0 Å². The third-order valence-electron chi connectivity index (χ3n) is 5.02. The SMILES string of the molecule is Cn1cc(NC(=O)c2cc(NC(=O)c3cccn3C)cn2C)cc1C(=O)NCCNC(=O)CBr. The number of carbonyl (C=O) groups is 4. The van der Waals surface area contributed by atoms with Crippen molar-refractivity contribution in [2.24, 2.45) is 21.1 Å². The first-order valence-corrected chi connectivity index (χ1v) is 11.5. The first kappa shape index (κ1) is 24.8. The first-order chi connectivity index (χ1) is 16.2. The number of nitrogens with one attached hydrogen (secondary N) is 4. The highest BCUT2D eigenvalue weighted by atomic mass is 79.9. The van der Waals surface area contributed by atoms with E-state index >= 15 is 0 Å². The highest BCUT2D eigenvalue weighted by Gasteiger charge is 2.17. The van der Waals surface area contributed by atoms with Crippen LogP contribution < -0.4 is 21.3 Å². The lowest BCUT2D eigenvalue weighted by molar-refractivity contribution is -0.118. The Labute approximate surface area is 204 Å². The molecule has 4 amide bonds. The molecule has 11 nitrogen and oxygen atoms in total. The van der Waals surface area contributed by atoms with Gasteiger partial charge in [0.15, 0.2) is 0 Å². The fourth-order valence-electron chi connectivity index (χ4n) is 3.32. The quantitative estimate of drug-likeness (QED) is 0.246. The monoisotopic (exact) mass is 531 g/mol. The fourth-order valence-corrected chi connectivity index (χ4v) is 3.52. The summed E-state index contributed by atoms with van der Waals surface area (Å²) in [5, 5.41) is 11.1. The molecular formula is C22H26BrN7O4. The van der Waals surface area contributed by atoms with E-state index in [1.54, 1.807) is 77.7 Å². The lowest BCUT2D eigenvalue weighted by Gasteiger charge is -2.06. The molecule has 4 N–H and O–H groups in total. The molecule has 0 spiro atoms. The average molecular weight is 532 g/mol. The summed E-state index contributed by atoms with van der Waals surface area (Å²) in [6.07, 6.45) is 5.05. The van der Waals surface area contributed by atoms with Crippen molar-refractivity contribution in [3.63, 3.8) is 0 Å². The Hall–Kier alpha value is -3.80. The average Bonchev–Trinajstić information content (AvgIpc) is 3.49. The van der Waals surface area contributed by atoms with E-state index in [4.69, 9.17) is 0 Å². The van der Waals surface area contributed by atoms with Crippen molar-refractivity contribution in [1.82, 2.24) is 24.3 Å². The third kappa shape index (κ3) is 5.95. The number of aromatic nitrogens is 3. The van der Waals surface area contributed by atoms with E-state index in [0.29, 0.717) is 35.0 Å². The number of carbonyl (C=O) groups excluding carboxylic acids is 4. The molecule has 12 heteroatoms. The van der Waals surface area contributed by atoms with Crippen LogP contribution in [0.15, 0.2) is 42.9 Å². The van der Waals surface area contributed by atoms with Crippen LogP contribution in [0.4, 0.5) is 11.4 Å². The zero-order valence-electron chi connectivity index (χ0n) is 19.0. The zero-order chi connectivity index (χ0) is 24.8. The number of alkyl halides is 1. The molecule has 0 bridgehead atoms. The fraction of sp³-hybridized carbons (Fsp3) is 0.273. The second-order valence-electron chi connectivity index (χ2n) is 7.60. The Morgan fingerprint density at radius 1 is 0.765 bits per heavy atom. The Kier molecular flexibility index (Phi) is 7.95. The topological polar surface area (TPSA) is 131 Å². The van der Waals surface area contributed by atoms with Crippen molar-refractivity contribution < 1.29 is 19.2 Å². The van der Waals surface area contributed by atoms with E-state index in [1.807, 2.05) is 0 Å². The van der Waals surface area contributed by atoms with Crippen molar-refractivity contribution in [3.05, 3.63) is 59.9 Å². The van der Waals surface area contributed by atoms with Gasteiger partial charge in [0.2, 0.25) is 5.91 Å².